The maximum Gasteiger partial charge on any atom is 0.272 e. The van der Waals surface area contributed by atoms with Crippen LogP contribution in [0.3, 0.4) is 0 Å². The van der Waals surface area contributed by atoms with Crippen molar-refractivity contribution in [1.29, 1.82) is 0 Å². The molecule has 8 nitrogen and oxygen atoms in total. The van der Waals surface area contributed by atoms with Gasteiger partial charge in [0.15, 0.2) is 0 Å². The van der Waals surface area contributed by atoms with E-state index in [1.54, 1.807) is 35.3 Å². The van der Waals surface area contributed by atoms with Gasteiger partial charge in [-0.25, -0.2) is 18.2 Å². The molecule has 3 rings (SSSR count). The third-order valence-electron chi connectivity index (χ3n) is 3.86. The van der Waals surface area contributed by atoms with E-state index >= 15 is 0 Å². The molecule has 0 saturated carbocycles. The molecule has 1 fully saturated rings. The third-order valence-corrected chi connectivity index (χ3v) is 5.18. The van der Waals surface area contributed by atoms with Gasteiger partial charge in [0.2, 0.25) is 10.0 Å². The minimum Gasteiger partial charge on any atom is -0.336 e. The van der Waals surface area contributed by atoms with Crippen molar-refractivity contribution < 1.29 is 13.2 Å². The van der Waals surface area contributed by atoms with E-state index in [4.69, 9.17) is 5.14 Å². The number of piperidine rings is 1. The van der Waals surface area contributed by atoms with Gasteiger partial charge in [-0.2, -0.15) is 5.10 Å². The molecule has 3 heterocycles. The third kappa shape index (κ3) is 3.40. The predicted octanol–water partition coefficient (Wildman–Crippen LogP) is 0.160. The van der Waals surface area contributed by atoms with Gasteiger partial charge in [-0.05, 0) is 31.0 Å². The predicted molar refractivity (Wildman–Crippen MR) is 83.4 cm³/mol. The summed E-state index contributed by atoms with van der Waals surface area (Å²) in [6.45, 7) is 0.601. The molecule has 1 atom stereocenters. The first-order valence-corrected chi connectivity index (χ1v) is 8.83. The van der Waals surface area contributed by atoms with Crippen LogP contribution in [-0.4, -0.2) is 52.3 Å². The summed E-state index contributed by atoms with van der Waals surface area (Å²) in [7, 11) is -3.65. The lowest BCUT2D eigenvalue weighted by atomic mass is 10.1. The van der Waals surface area contributed by atoms with Crippen LogP contribution in [0.15, 0.2) is 36.8 Å². The fraction of sp³-hybridized carbons (Fsp3) is 0.357. The average Bonchev–Trinajstić information content (AvgIpc) is 3.08. The van der Waals surface area contributed by atoms with Crippen LogP contribution in [0.5, 0.6) is 0 Å². The van der Waals surface area contributed by atoms with Crippen LogP contribution in [-0.2, 0) is 10.0 Å². The topological polar surface area (TPSA) is 111 Å². The Morgan fingerprint density at radius 1 is 1.35 bits per heavy atom. The van der Waals surface area contributed by atoms with Crippen LogP contribution in [0.25, 0.3) is 5.69 Å². The lowest BCUT2D eigenvalue weighted by Crippen LogP contribution is -2.47. The van der Waals surface area contributed by atoms with Crippen molar-refractivity contribution in [3.05, 3.63) is 42.5 Å². The van der Waals surface area contributed by atoms with Crippen molar-refractivity contribution in [2.75, 3.05) is 13.1 Å². The Morgan fingerprint density at radius 3 is 2.87 bits per heavy atom. The normalized spacial score (nSPS) is 18.8. The molecule has 1 amide bonds. The minimum atomic E-state index is -3.65. The van der Waals surface area contributed by atoms with Gasteiger partial charge in [0.25, 0.3) is 5.91 Å². The summed E-state index contributed by atoms with van der Waals surface area (Å²) >= 11 is 0. The molecule has 23 heavy (non-hydrogen) atoms. The maximum atomic E-state index is 12.6. The molecule has 0 spiro atoms. The zero-order chi connectivity index (χ0) is 16.4. The van der Waals surface area contributed by atoms with E-state index in [2.05, 4.69) is 10.1 Å². The van der Waals surface area contributed by atoms with E-state index < -0.39 is 15.3 Å². The Bertz CT molecular complexity index is 804. The summed E-state index contributed by atoms with van der Waals surface area (Å²) in [6.07, 6.45) is 6.02. The van der Waals surface area contributed by atoms with Gasteiger partial charge in [0.05, 0.1) is 10.9 Å². The van der Waals surface area contributed by atoms with Crippen LogP contribution >= 0.6 is 0 Å². The Hall–Kier alpha value is -2.26. The fourth-order valence-corrected chi connectivity index (χ4v) is 3.54. The number of carbonyl (C=O) groups is 1. The van der Waals surface area contributed by atoms with Gasteiger partial charge in [0, 0.05) is 31.7 Å². The Balaban J connectivity index is 1.82. The zero-order valence-corrected chi connectivity index (χ0v) is 13.2. The molecule has 1 aliphatic rings. The monoisotopic (exact) mass is 335 g/mol. The summed E-state index contributed by atoms with van der Waals surface area (Å²) in [4.78, 5) is 18.2. The number of amides is 1. The number of likely N-dealkylation sites (tertiary alicyclic amines) is 1. The summed E-state index contributed by atoms with van der Waals surface area (Å²) in [5.41, 5.74) is 0.974. The summed E-state index contributed by atoms with van der Waals surface area (Å²) in [6, 6.07) is 5.16. The second-order valence-corrected chi connectivity index (χ2v) is 7.30. The number of hydrogen-bond donors (Lipinski definition) is 1. The van der Waals surface area contributed by atoms with E-state index in [-0.39, 0.29) is 18.1 Å². The number of pyridine rings is 1. The number of sulfonamides is 1. The number of rotatable bonds is 3. The van der Waals surface area contributed by atoms with E-state index in [0.29, 0.717) is 25.1 Å². The second kappa shape index (κ2) is 6.09. The van der Waals surface area contributed by atoms with Crippen molar-refractivity contribution in [2.24, 2.45) is 5.14 Å². The number of primary sulfonamides is 1. The van der Waals surface area contributed by atoms with Crippen LogP contribution in [0, 0.1) is 0 Å². The maximum absolute atomic E-state index is 12.6. The molecule has 1 unspecified atom stereocenters. The van der Waals surface area contributed by atoms with E-state index in [1.807, 2.05) is 0 Å². The average molecular weight is 335 g/mol. The first-order valence-electron chi connectivity index (χ1n) is 7.22. The standard InChI is InChI=1S/C14H17N5O3S/c15-23(21,22)12-3-1-7-18(10-12)14(20)13-9-11(4-6-16-13)19-8-2-5-17-19/h2,4-6,8-9,12H,1,3,7,10H2,(H2,15,21,22). The van der Waals surface area contributed by atoms with Crippen LogP contribution in [0.4, 0.5) is 0 Å². The molecule has 122 valence electrons. The highest BCUT2D eigenvalue weighted by Gasteiger charge is 2.31. The van der Waals surface area contributed by atoms with E-state index in [0.717, 1.165) is 0 Å². The SMILES string of the molecule is NS(=O)(=O)C1CCCN(C(=O)c2cc(-n3cccn3)ccn2)C1. The Morgan fingerprint density at radius 2 is 2.17 bits per heavy atom. The lowest BCUT2D eigenvalue weighted by Gasteiger charge is -2.31. The second-order valence-electron chi connectivity index (χ2n) is 5.45. The summed E-state index contributed by atoms with van der Waals surface area (Å²) in [5.74, 6) is -0.299. The van der Waals surface area contributed by atoms with Crippen molar-refractivity contribution in [3.63, 3.8) is 0 Å². The van der Waals surface area contributed by atoms with Gasteiger partial charge in [-0.1, -0.05) is 0 Å². The van der Waals surface area contributed by atoms with Crippen molar-refractivity contribution in [1.82, 2.24) is 19.7 Å². The Labute approximate surface area is 134 Å². The largest absolute Gasteiger partial charge is 0.336 e. The number of nitrogens with zero attached hydrogens (tertiary/aromatic N) is 4. The van der Waals surface area contributed by atoms with Crippen molar-refractivity contribution >= 4 is 15.9 Å². The molecular weight excluding hydrogens is 318 g/mol. The van der Waals surface area contributed by atoms with Crippen molar-refractivity contribution in [2.45, 2.75) is 18.1 Å². The van der Waals surface area contributed by atoms with Gasteiger partial charge < -0.3 is 4.90 Å². The molecular formula is C14H17N5O3S. The van der Waals surface area contributed by atoms with Gasteiger partial charge in [-0.15, -0.1) is 0 Å². The first-order chi connectivity index (χ1) is 10.9. The number of nitrogens with two attached hydrogens (primary N) is 1. The van der Waals surface area contributed by atoms with Crippen LogP contribution < -0.4 is 5.14 Å². The number of hydrogen-bond acceptors (Lipinski definition) is 5. The molecule has 1 saturated heterocycles. The summed E-state index contributed by atoms with van der Waals surface area (Å²) < 4.78 is 24.7. The highest BCUT2D eigenvalue weighted by Crippen LogP contribution is 2.18. The Kier molecular flexibility index (Phi) is 4.14. The van der Waals surface area contributed by atoms with E-state index in [9.17, 15) is 13.2 Å². The molecule has 0 radical (unpaired) electrons. The highest BCUT2D eigenvalue weighted by atomic mass is 32.2. The number of carbonyl (C=O) groups excluding carboxylic acids is 1. The lowest BCUT2D eigenvalue weighted by molar-refractivity contribution is 0.0721. The van der Waals surface area contributed by atoms with Gasteiger partial charge >= 0.3 is 0 Å². The smallest absolute Gasteiger partial charge is 0.272 e. The van der Waals surface area contributed by atoms with Crippen LogP contribution in [0.2, 0.25) is 0 Å². The highest BCUT2D eigenvalue weighted by molar-refractivity contribution is 7.89. The van der Waals surface area contributed by atoms with Crippen LogP contribution in [0.1, 0.15) is 23.3 Å². The van der Waals surface area contributed by atoms with E-state index in [1.165, 1.54) is 11.1 Å². The molecule has 0 aromatic carbocycles. The number of aromatic nitrogens is 3. The zero-order valence-electron chi connectivity index (χ0n) is 12.4. The molecule has 2 aromatic heterocycles. The van der Waals surface area contributed by atoms with Gasteiger partial charge in [0.1, 0.15) is 5.69 Å². The molecule has 2 N–H and O–H groups in total. The first kappa shape index (κ1) is 15.6. The molecule has 1 aliphatic heterocycles. The molecule has 0 bridgehead atoms. The van der Waals surface area contributed by atoms with Crippen molar-refractivity contribution in [3.8, 4) is 5.69 Å². The molecule has 0 aliphatic carbocycles. The van der Waals surface area contributed by atoms with Gasteiger partial charge in [-0.3, -0.25) is 9.78 Å². The minimum absolute atomic E-state index is 0.103. The molecule has 9 heteroatoms. The summed E-state index contributed by atoms with van der Waals surface area (Å²) in [5, 5.41) is 8.61. The molecule has 2 aromatic rings. The fourth-order valence-electron chi connectivity index (χ4n) is 2.65. The quantitative estimate of drug-likeness (QED) is 0.859.